The van der Waals surface area contributed by atoms with Gasteiger partial charge in [-0.1, -0.05) is 12.1 Å². The second-order valence-electron chi connectivity index (χ2n) is 9.19. The largest absolute Gasteiger partial charge is 0.554 e. The van der Waals surface area contributed by atoms with Gasteiger partial charge < -0.3 is 19.7 Å². The van der Waals surface area contributed by atoms with Gasteiger partial charge in [-0.3, -0.25) is 4.79 Å². The van der Waals surface area contributed by atoms with E-state index in [0.717, 1.165) is 45.4 Å². The van der Waals surface area contributed by atoms with Crippen molar-refractivity contribution in [1.82, 2.24) is 10.1 Å². The Balaban J connectivity index is 0.000000848. The molecule has 9 heteroatoms. The number of nitrogens with zero attached hydrogens (tertiary/aromatic N) is 2. The van der Waals surface area contributed by atoms with E-state index in [-0.39, 0.29) is 30.2 Å². The molecule has 2 N–H and O–H groups in total. The van der Waals surface area contributed by atoms with Crippen LogP contribution in [0.15, 0.2) is 48.7 Å². The highest BCUT2D eigenvalue weighted by atomic mass is 19.1. The number of carboxylic acids is 1. The molecule has 2 aliphatic rings. The van der Waals surface area contributed by atoms with Gasteiger partial charge in [0.2, 0.25) is 0 Å². The van der Waals surface area contributed by atoms with Gasteiger partial charge in [0.1, 0.15) is 18.2 Å². The van der Waals surface area contributed by atoms with Crippen molar-refractivity contribution in [3.63, 3.8) is 0 Å². The predicted molar refractivity (Wildman–Crippen MR) is 125 cm³/mol. The summed E-state index contributed by atoms with van der Waals surface area (Å²) in [5, 5.41) is 20.7. The molecule has 2 aliphatic carbocycles. The molecule has 36 heavy (non-hydrogen) atoms. The number of carboxylic acid groups (broad SMARTS) is 2. The van der Waals surface area contributed by atoms with E-state index in [0.29, 0.717) is 11.3 Å². The van der Waals surface area contributed by atoms with Crippen LogP contribution in [0.1, 0.15) is 28.3 Å². The lowest BCUT2D eigenvalue weighted by atomic mass is 10.0. The normalized spacial score (nSPS) is 19.1. The molecule has 2 heterocycles. The molecular formula is C27H24FN3O5. The number of ether oxygens (including phenoxy) is 1. The first-order valence-electron chi connectivity index (χ1n) is 11.5. The third-order valence-electron chi connectivity index (χ3n) is 7.01. The second kappa shape index (κ2) is 9.07. The number of H-pyrrole nitrogens is 1. The van der Waals surface area contributed by atoms with Gasteiger partial charge in [-0.25, -0.2) is 9.37 Å². The van der Waals surface area contributed by atoms with E-state index < -0.39 is 12.4 Å². The SMILES string of the molecule is Cc1cc(-c2ccc(F)c(COc3ccc4c(c3)C[C@H]3[C@H](C(=O)O)[C@@H]43)c2)c2c(c[nH][n+]2C)n1.O=C[O-]. The molecule has 0 amide bonds. The standard InChI is InChI=1S/C26H22FN3O3.CH2O2/c1-13-7-19(25-22(29-13)11-28-30(25)2)14-3-6-21(27)16(8-14)12-33-17-4-5-18-15(9-17)10-20-23(18)24(20)26(31)32;2-1-3/h3-9,11,20,23-24H,10,12H2,1-2H3,(H,31,32);1H,(H,2,3)/t20-,23+,24+;/m1./s1. The lowest BCUT2D eigenvalue weighted by Gasteiger charge is -2.12. The summed E-state index contributed by atoms with van der Waals surface area (Å²) in [6.07, 6.45) is 2.62. The molecule has 1 fully saturated rings. The summed E-state index contributed by atoms with van der Waals surface area (Å²) < 4.78 is 22.5. The van der Waals surface area contributed by atoms with Crippen molar-refractivity contribution in [2.45, 2.75) is 25.9 Å². The summed E-state index contributed by atoms with van der Waals surface area (Å²) in [6.45, 7) is 1.55. The number of aliphatic carboxylic acids is 1. The average Bonchev–Trinajstić information content (AvgIpc) is 3.25. The summed E-state index contributed by atoms with van der Waals surface area (Å²) >= 11 is 0. The van der Waals surface area contributed by atoms with E-state index in [1.54, 1.807) is 6.07 Å². The number of rotatable bonds is 5. The van der Waals surface area contributed by atoms with E-state index in [4.69, 9.17) is 14.6 Å². The number of pyridine rings is 1. The number of carbonyl (C=O) groups excluding carboxylic acids is 1. The Bertz CT molecular complexity index is 1500. The third kappa shape index (κ3) is 4.06. The topological polar surface area (TPSA) is 119 Å². The maximum Gasteiger partial charge on any atom is 0.307 e. The van der Waals surface area contributed by atoms with Crippen molar-refractivity contribution < 1.29 is 33.6 Å². The first-order valence-corrected chi connectivity index (χ1v) is 11.5. The van der Waals surface area contributed by atoms with Crippen LogP contribution in [-0.2, 0) is 29.7 Å². The Morgan fingerprint density at radius 1 is 1.31 bits per heavy atom. The van der Waals surface area contributed by atoms with Gasteiger partial charge in [0.05, 0.1) is 17.7 Å². The molecule has 1 saturated carbocycles. The number of carbonyl (C=O) groups is 2. The van der Waals surface area contributed by atoms with E-state index in [2.05, 4.69) is 10.1 Å². The number of nitrogens with one attached hydrogen (secondary N) is 1. The number of halogens is 1. The highest BCUT2D eigenvalue weighted by molar-refractivity contribution is 5.89. The Morgan fingerprint density at radius 2 is 2.08 bits per heavy atom. The van der Waals surface area contributed by atoms with Crippen molar-refractivity contribution in [3.05, 3.63) is 76.9 Å². The number of benzene rings is 2. The van der Waals surface area contributed by atoms with Crippen LogP contribution in [0.2, 0.25) is 0 Å². The zero-order valence-corrected chi connectivity index (χ0v) is 19.7. The van der Waals surface area contributed by atoms with Crippen LogP contribution in [-0.4, -0.2) is 27.6 Å². The minimum Gasteiger partial charge on any atom is -0.554 e. The van der Waals surface area contributed by atoms with Gasteiger partial charge in [-0.15, -0.1) is 4.68 Å². The van der Waals surface area contributed by atoms with Gasteiger partial charge in [-0.2, -0.15) is 5.10 Å². The number of hydrogen-bond donors (Lipinski definition) is 2. The highest BCUT2D eigenvalue weighted by Gasteiger charge is 2.59. The smallest absolute Gasteiger partial charge is 0.307 e. The molecule has 3 atom stereocenters. The molecule has 2 aromatic heterocycles. The van der Waals surface area contributed by atoms with Gasteiger partial charge in [0.25, 0.3) is 5.52 Å². The van der Waals surface area contributed by atoms with E-state index in [1.165, 1.54) is 6.07 Å². The molecule has 0 aliphatic heterocycles. The number of aryl methyl sites for hydroxylation is 2. The molecule has 2 aromatic carbocycles. The molecule has 0 bridgehead atoms. The summed E-state index contributed by atoms with van der Waals surface area (Å²) in [7, 11) is 1.92. The van der Waals surface area contributed by atoms with Crippen LogP contribution in [0, 0.1) is 24.6 Å². The van der Waals surface area contributed by atoms with Crippen molar-refractivity contribution in [2.75, 3.05) is 0 Å². The maximum absolute atomic E-state index is 14.6. The zero-order valence-electron chi connectivity index (χ0n) is 19.7. The molecular weight excluding hydrogens is 465 g/mol. The van der Waals surface area contributed by atoms with Crippen molar-refractivity contribution in [2.24, 2.45) is 18.9 Å². The third-order valence-corrected chi connectivity index (χ3v) is 7.01. The summed E-state index contributed by atoms with van der Waals surface area (Å²) in [5.74, 6) is -0.252. The van der Waals surface area contributed by atoms with Gasteiger partial charge >= 0.3 is 5.97 Å². The van der Waals surface area contributed by atoms with E-state index in [9.17, 15) is 14.3 Å². The van der Waals surface area contributed by atoms with Crippen molar-refractivity contribution in [3.8, 4) is 16.9 Å². The molecule has 6 rings (SSSR count). The number of aromatic amines is 1. The first kappa shape index (κ1) is 23.5. The predicted octanol–water partition coefficient (Wildman–Crippen LogP) is 2.42. The average molecular weight is 490 g/mol. The van der Waals surface area contributed by atoms with Crippen molar-refractivity contribution in [1.29, 1.82) is 0 Å². The lowest BCUT2D eigenvalue weighted by Crippen LogP contribution is -2.30. The minimum absolute atomic E-state index is 0.107. The molecule has 0 spiro atoms. The molecule has 4 aromatic rings. The van der Waals surface area contributed by atoms with E-state index in [1.807, 2.05) is 55.2 Å². The van der Waals surface area contributed by atoms with Crippen LogP contribution in [0.3, 0.4) is 0 Å². The van der Waals surface area contributed by atoms with Crippen LogP contribution in [0.4, 0.5) is 4.39 Å². The lowest BCUT2D eigenvalue weighted by molar-refractivity contribution is -0.702. The monoisotopic (exact) mass is 489 g/mol. The van der Waals surface area contributed by atoms with Crippen LogP contribution in [0.5, 0.6) is 5.75 Å². The van der Waals surface area contributed by atoms with Gasteiger partial charge in [0.15, 0.2) is 12.6 Å². The van der Waals surface area contributed by atoms with E-state index >= 15 is 0 Å². The highest BCUT2D eigenvalue weighted by Crippen LogP contribution is 2.61. The maximum atomic E-state index is 14.6. The second-order valence-corrected chi connectivity index (χ2v) is 9.19. The fourth-order valence-corrected chi connectivity index (χ4v) is 5.42. The molecule has 0 unspecified atom stereocenters. The summed E-state index contributed by atoms with van der Waals surface area (Å²) in [4.78, 5) is 24.1. The minimum atomic E-state index is -0.707. The van der Waals surface area contributed by atoms with Gasteiger partial charge in [0, 0.05) is 23.6 Å². The van der Waals surface area contributed by atoms with Crippen LogP contribution in [0.25, 0.3) is 22.2 Å². The zero-order chi connectivity index (χ0) is 25.6. The summed E-state index contributed by atoms with van der Waals surface area (Å²) in [5.41, 5.74) is 7.31. The molecule has 8 nitrogen and oxygen atoms in total. The fraction of sp³-hybridized carbons (Fsp3) is 0.259. The fourth-order valence-electron chi connectivity index (χ4n) is 5.42. The van der Waals surface area contributed by atoms with Crippen molar-refractivity contribution >= 4 is 23.5 Å². The Morgan fingerprint density at radius 3 is 2.83 bits per heavy atom. The molecule has 0 saturated heterocycles. The first-order chi connectivity index (χ1) is 17.3. The number of hydrogen-bond acceptors (Lipinski definition) is 5. The number of fused-ring (bicyclic) bond motifs is 4. The number of aromatic nitrogens is 3. The molecule has 0 radical (unpaired) electrons. The van der Waals surface area contributed by atoms with Crippen LogP contribution < -0.4 is 14.5 Å². The summed E-state index contributed by atoms with van der Waals surface area (Å²) in [6, 6.07) is 12.9. The van der Waals surface area contributed by atoms with Crippen LogP contribution >= 0.6 is 0 Å². The Hall–Kier alpha value is -4.27. The molecule has 184 valence electrons. The Kier molecular flexibility index (Phi) is 5.91. The van der Waals surface area contributed by atoms with Gasteiger partial charge in [-0.05, 0) is 66.3 Å². The quantitative estimate of drug-likeness (QED) is 0.328. The Labute approximate surface area is 206 Å².